The van der Waals surface area contributed by atoms with E-state index in [2.05, 4.69) is 30.2 Å². The van der Waals surface area contributed by atoms with E-state index in [1.807, 2.05) is 0 Å². The number of piperidine rings is 2. The minimum atomic E-state index is -0.0188. The molecule has 0 aromatic carbocycles. The third kappa shape index (κ3) is 4.69. The summed E-state index contributed by atoms with van der Waals surface area (Å²) in [4.78, 5) is 5.76. The van der Waals surface area contributed by atoms with E-state index < -0.39 is 0 Å². The fourth-order valence-electron chi connectivity index (χ4n) is 4.60. The van der Waals surface area contributed by atoms with Crippen LogP contribution in [-0.4, -0.2) is 51.2 Å². The molecule has 2 saturated heterocycles. The van der Waals surface area contributed by atoms with E-state index >= 15 is 0 Å². The van der Waals surface area contributed by atoms with Gasteiger partial charge in [0.25, 0.3) is 0 Å². The van der Waals surface area contributed by atoms with Crippen LogP contribution < -0.4 is 0 Å². The lowest BCUT2D eigenvalue weighted by atomic mass is 9.91. The molecule has 2 rings (SSSR count). The summed E-state index contributed by atoms with van der Waals surface area (Å²) in [5.41, 5.74) is 0.379. The monoisotopic (exact) mass is 322 g/mol. The first kappa shape index (κ1) is 18.2. The molecule has 2 fully saturated rings. The van der Waals surface area contributed by atoms with Gasteiger partial charge in [-0.05, 0) is 71.6 Å². The van der Waals surface area contributed by atoms with Crippen LogP contribution in [0.2, 0.25) is 6.04 Å². The maximum atomic E-state index is 4.13. The summed E-state index contributed by atoms with van der Waals surface area (Å²) >= 11 is 0. The Labute approximate surface area is 141 Å². The first-order valence-corrected chi connectivity index (χ1v) is 11.5. The van der Waals surface area contributed by atoms with Crippen LogP contribution in [0.5, 0.6) is 0 Å². The predicted octanol–water partition coefficient (Wildman–Crippen LogP) is 3.97. The van der Waals surface area contributed by atoms with Crippen molar-refractivity contribution in [2.45, 2.75) is 83.3 Å². The van der Waals surface area contributed by atoms with Gasteiger partial charge in [-0.1, -0.05) is 37.4 Å². The van der Waals surface area contributed by atoms with Crippen LogP contribution in [0.4, 0.5) is 0 Å². The first-order chi connectivity index (χ1) is 10.7. The lowest BCUT2D eigenvalue weighted by molar-refractivity contribution is -0.0865. The van der Waals surface area contributed by atoms with E-state index in [-0.39, 0.29) is 9.52 Å². The molecule has 0 aliphatic carbocycles. The molecular weight excluding hydrogens is 284 g/mol. The highest BCUT2D eigenvalue weighted by Gasteiger charge is 2.40. The maximum absolute atomic E-state index is 4.13. The Morgan fingerprint density at radius 3 is 1.86 bits per heavy atom. The van der Waals surface area contributed by atoms with Gasteiger partial charge in [0.15, 0.2) is 0 Å². The second-order valence-electron chi connectivity index (χ2n) is 7.60. The van der Waals surface area contributed by atoms with E-state index in [1.54, 1.807) is 0 Å². The third-order valence-corrected chi connectivity index (χ3v) is 7.59. The van der Waals surface area contributed by atoms with Crippen molar-refractivity contribution in [1.82, 2.24) is 9.80 Å². The Morgan fingerprint density at radius 1 is 0.955 bits per heavy atom. The van der Waals surface area contributed by atoms with Crippen LogP contribution in [0.15, 0.2) is 11.8 Å². The lowest BCUT2D eigenvalue weighted by Crippen LogP contribution is -2.62. The Hall–Kier alpha value is -0.123. The number of hydrogen-bond donors (Lipinski definition) is 0. The molecule has 22 heavy (non-hydrogen) atoms. The van der Waals surface area contributed by atoms with Gasteiger partial charge < -0.3 is 0 Å². The molecule has 2 aliphatic rings. The summed E-state index contributed by atoms with van der Waals surface area (Å²) in [5.74, 6) is 0. The first-order valence-electron chi connectivity index (χ1n) is 9.83. The van der Waals surface area contributed by atoms with Crippen LogP contribution in [0.1, 0.15) is 71.6 Å². The highest BCUT2D eigenvalue weighted by molar-refractivity contribution is 6.44. The molecule has 0 N–H and O–H groups in total. The molecule has 0 atom stereocenters. The fraction of sp³-hybridized carbons (Fsp3) is 0.895. The highest BCUT2D eigenvalue weighted by Crippen LogP contribution is 2.35. The van der Waals surface area contributed by atoms with E-state index in [4.69, 9.17) is 0 Å². The van der Waals surface area contributed by atoms with Gasteiger partial charge in [-0.25, -0.2) is 0 Å². The second kappa shape index (κ2) is 9.24. The van der Waals surface area contributed by atoms with Crippen molar-refractivity contribution in [3.05, 3.63) is 11.8 Å². The second-order valence-corrected chi connectivity index (χ2v) is 10.0. The van der Waals surface area contributed by atoms with Crippen molar-refractivity contribution < 1.29 is 0 Å². The normalized spacial score (nSPS) is 22.5. The van der Waals surface area contributed by atoms with Crippen LogP contribution >= 0.6 is 0 Å². The fourth-order valence-corrected chi connectivity index (χ4v) is 5.70. The molecule has 0 aromatic rings. The average molecular weight is 323 g/mol. The minimum Gasteiger partial charge on any atom is -0.285 e. The number of likely N-dealkylation sites (tertiary alicyclic amines) is 2. The van der Waals surface area contributed by atoms with Crippen molar-refractivity contribution >= 4 is 9.52 Å². The molecule has 128 valence electrons. The van der Waals surface area contributed by atoms with Gasteiger partial charge in [-0.15, -0.1) is 6.58 Å². The molecule has 0 aromatic heterocycles. The number of rotatable bonds is 8. The van der Waals surface area contributed by atoms with Crippen LogP contribution in [-0.2, 0) is 0 Å². The Bertz CT molecular complexity index is 312. The van der Waals surface area contributed by atoms with Crippen LogP contribution in [0, 0.1) is 0 Å². The SMILES string of the molecule is C=C(C)[SiH2]CCCC(CC)(N1CCCCC1)N1CCCCC1. The molecule has 0 unspecified atom stereocenters. The molecule has 0 radical (unpaired) electrons. The predicted molar refractivity (Wildman–Crippen MR) is 101 cm³/mol. The van der Waals surface area contributed by atoms with E-state index in [0.29, 0.717) is 5.66 Å². The van der Waals surface area contributed by atoms with Crippen LogP contribution in [0.3, 0.4) is 0 Å². The van der Waals surface area contributed by atoms with E-state index in [0.717, 1.165) is 0 Å². The molecule has 0 bridgehead atoms. The van der Waals surface area contributed by atoms with Gasteiger partial charge in [-0.2, -0.15) is 0 Å². The standard InChI is InChI=1S/C19H38N2Si/c1-4-19(12-11-17-22-18(2)3,20-13-7-5-8-14-20)21-15-9-6-10-16-21/h2,4-17,22H2,1,3H3. The van der Waals surface area contributed by atoms with Crippen molar-refractivity contribution in [2.75, 3.05) is 26.2 Å². The molecule has 2 nitrogen and oxygen atoms in total. The van der Waals surface area contributed by atoms with Gasteiger partial charge >= 0.3 is 0 Å². The summed E-state index contributed by atoms with van der Waals surface area (Å²) in [6.45, 7) is 14.1. The quantitative estimate of drug-likeness (QED) is 0.493. The van der Waals surface area contributed by atoms with Gasteiger partial charge in [0.05, 0.1) is 5.66 Å². The molecular formula is C19H38N2Si. The number of hydrogen-bond acceptors (Lipinski definition) is 2. The highest BCUT2D eigenvalue weighted by atomic mass is 28.2. The summed E-state index contributed by atoms with van der Waals surface area (Å²) in [7, 11) is -0.0188. The zero-order valence-corrected chi connectivity index (χ0v) is 16.6. The number of nitrogens with zero attached hydrogens (tertiary/aromatic N) is 2. The summed E-state index contributed by atoms with van der Waals surface area (Å²) in [6.07, 6.45) is 12.7. The zero-order valence-electron chi connectivity index (χ0n) is 15.2. The summed E-state index contributed by atoms with van der Waals surface area (Å²) in [5, 5.41) is 1.48. The van der Waals surface area contributed by atoms with Gasteiger partial charge in [0, 0.05) is 9.52 Å². The lowest BCUT2D eigenvalue weighted by Gasteiger charge is -2.53. The minimum absolute atomic E-state index is 0.0188. The Morgan fingerprint density at radius 2 is 1.45 bits per heavy atom. The molecule has 0 amide bonds. The average Bonchev–Trinajstić information content (AvgIpc) is 2.57. The van der Waals surface area contributed by atoms with E-state index in [9.17, 15) is 0 Å². The van der Waals surface area contributed by atoms with Crippen LogP contribution in [0.25, 0.3) is 0 Å². The van der Waals surface area contributed by atoms with E-state index in [1.165, 1.54) is 95.2 Å². The molecule has 2 heterocycles. The molecule has 2 aliphatic heterocycles. The number of allylic oxidation sites excluding steroid dienone is 1. The molecule has 3 heteroatoms. The largest absolute Gasteiger partial charge is 0.285 e. The van der Waals surface area contributed by atoms with Gasteiger partial charge in [-0.3, -0.25) is 9.80 Å². The smallest absolute Gasteiger partial charge is 0.0734 e. The summed E-state index contributed by atoms with van der Waals surface area (Å²) < 4.78 is 0. The summed E-state index contributed by atoms with van der Waals surface area (Å²) in [6, 6.07) is 1.46. The Balaban J connectivity index is 2.04. The maximum Gasteiger partial charge on any atom is 0.0734 e. The third-order valence-electron chi connectivity index (χ3n) is 5.89. The van der Waals surface area contributed by atoms with Gasteiger partial charge in [0.1, 0.15) is 0 Å². The molecule has 0 saturated carbocycles. The van der Waals surface area contributed by atoms with Gasteiger partial charge in [0.2, 0.25) is 0 Å². The van der Waals surface area contributed by atoms with Crippen molar-refractivity contribution in [1.29, 1.82) is 0 Å². The Kier molecular flexibility index (Phi) is 7.65. The molecule has 0 spiro atoms. The zero-order chi connectivity index (χ0) is 15.8. The van der Waals surface area contributed by atoms with Crippen molar-refractivity contribution in [2.24, 2.45) is 0 Å². The van der Waals surface area contributed by atoms with Crippen molar-refractivity contribution in [3.8, 4) is 0 Å². The topological polar surface area (TPSA) is 6.48 Å². The van der Waals surface area contributed by atoms with Crippen molar-refractivity contribution in [3.63, 3.8) is 0 Å².